The minimum atomic E-state index is -1.10. The van der Waals surface area contributed by atoms with Crippen LogP contribution in [0, 0.1) is 0 Å². The number of hydrogen-bond acceptors (Lipinski definition) is 5. The van der Waals surface area contributed by atoms with Gasteiger partial charge in [-0.3, -0.25) is 10.1 Å². The fourth-order valence-electron chi connectivity index (χ4n) is 2.72. The van der Waals surface area contributed by atoms with Crippen molar-refractivity contribution < 1.29 is 14.6 Å². The summed E-state index contributed by atoms with van der Waals surface area (Å²) in [6.07, 6.45) is -0.110. The summed E-state index contributed by atoms with van der Waals surface area (Å²) < 4.78 is 4.69. The van der Waals surface area contributed by atoms with Crippen molar-refractivity contribution in [2.45, 2.75) is 24.2 Å². The van der Waals surface area contributed by atoms with Crippen molar-refractivity contribution in [3.8, 4) is 0 Å². The SMILES string of the molecule is COC(=O)[C@H]1C[C@@]2(O)c3ccc(Cl)cc3N[C@H]2N1. The Morgan fingerprint density at radius 1 is 1.61 bits per heavy atom. The molecule has 3 rings (SSSR count). The molecule has 1 aromatic carbocycles. The van der Waals surface area contributed by atoms with E-state index < -0.39 is 17.8 Å². The zero-order valence-electron chi connectivity index (χ0n) is 9.74. The van der Waals surface area contributed by atoms with Crippen LogP contribution in [0.3, 0.4) is 0 Å². The number of rotatable bonds is 1. The first kappa shape index (κ1) is 11.8. The summed E-state index contributed by atoms with van der Waals surface area (Å²) in [6.45, 7) is 0. The lowest BCUT2D eigenvalue weighted by atomic mass is 9.91. The van der Waals surface area contributed by atoms with Gasteiger partial charge in [0.25, 0.3) is 0 Å². The lowest BCUT2D eigenvalue weighted by molar-refractivity contribution is -0.143. The van der Waals surface area contributed by atoms with Crippen LogP contribution in [0.25, 0.3) is 0 Å². The summed E-state index contributed by atoms with van der Waals surface area (Å²) in [6, 6.07) is 4.78. The number of carbonyl (C=O) groups excluding carboxylic acids is 1. The van der Waals surface area contributed by atoms with Crippen LogP contribution in [-0.4, -0.2) is 30.4 Å². The molecule has 3 N–H and O–H groups in total. The lowest BCUT2D eigenvalue weighted by Gasteiger charge is -2.21. The predicted octanol–water partition coefficient (Wildman–Crippen LogP) is 0.814. The predicted molar refractivity (Wildman–Crippen MR) is 66.3 cm³/mol. The number of ether oxygens (including phenoxy) is 1. The first-order chi connectivity index (χ1) is 8.54. The molecule has 5 nitrogen and oxygen atoms in total. The van der Waals surface area contributed by atoms with E-state index in [9.17, 15) is 9.90 Å². The standard InChI is InChI=1S/C12H13ClN2O3/c1-18-10(16)9-5-12(17)7-3-2-6(13)4-8(7)14-11(12)15-9/h2-4,9,11,14-15,17H,5H2,1H3/t9-,11+,12-/m1/s1. The summed E-state index contributed by atoms with van der Waals surface area (Å²) in [5.41, 5.74) is 0.459. The minimum absolute atomic E-state index is 0.284. The van der Waals surface area contributed by atoms with Gasteiger partial charge >= 0.3 is 5.97 Å². The molecule has 0 aliphatic carbocycles. The number of aliphatic hydroxyl groups is 1. The highest BCUT2D eigenvalue weighted by atomic mass is 35.5. The van der Waals surface area contributed by atoms with Gasteiger partial charge in [-0.05, 0) is 12.1 Å². The van der Waals surface area contributed by atoms with Crippen molar-refractivity contribution in [3.63, 3.8) is 0 Å². The van der Waals surface area contributed by atoms with E-state index in [1.165, 1.54) is 7.11 Å². The maximum atomic E-state index is 11.5. The third kappa shape index (κ3) is 1.51. The van der Waals surface area contributed by atoms with E-state index in [-0.39, 0.29) is 12.4 Å². The third-order valence-electron chi connectivity index (χ3n) is 3.59. The van der Waals surface area contributed by atoms with Gasteiger partial charge in [0, 0.05) is 22.7 Å². The van der Waals surface area contributed by atoms with Gasteiger partial charge in [-0.2, -0.15) is 0 Å². The molecule has 3 atom stereocenters. The van der Waals surface area contributed by atoms with Crippen LogP contribution in [-0.2, 0) is 15.1 Å². The van der Waals surface area contributed by atoms with Crippen LogP contribution < -0.4 is 10.6 Å². The summed E-state index contributed by atoms with van der Waals surface area (Å²) in [5.74, 6) is -0.366. The number of fused-ring (bicyclic) bond motifs is 3. The number of benzene rings is 1. The van der Waals surface area contributed by atoms with E-state index in [1.807, 2.05) is 0 Å². The van der Waals surface area contributed by atoms with Crippen LogP contribution in [0.5, 0.6) is 0 Å². The van der Waals surface area contributed by atoms with Gasteiger partial charge in [0.1, 0.15) is 17.8 Å². The average molecular weight is 269 g/mol. The number of carbonyl (C=O) groups is 1. The van der Waals surface area contributed by atoms with Gasteiger partial charge in [0.05, 0.1) is 7.11 Å². The number of halogens is 1. The van der Waals surface area contributed by atoms with E-state index in [0.29, 0.717) is 5.02 Å². The first-order valence-corrected chi connectivity index (χ1v) is 6.05. The maximum absolute atomic E-state index is 11.5. The number of hydrogen-bond donors (Lipinski definition) is 3. The molecule has 0 amide bonds. The Labute approximate surface area is 109 Å². The monoisotopic (exact) mass is 268 g/mol. The smallest absolute Gasteiger partial charge is 0.323 e. The summed E-state index contributed by atoms with van der Waals surface area (Å²) in [5, 5.41) is 17.5. The Kier molecular flexibility index (Phi) is 2.52. The Morgan fingerprint density at radius 2 is 2.39 bits per heavy atom. The number of esters is 1. The lowest BCUT2D eigenvalue weighted by Crippen LogP contribution is -2.43. The quantitative estimate of drug-likeness (QED) is 0.658. The Morgan fingerprint density at radius 3 is 3.11 bits per heavy atom. The fraction of sp³-hybridized carbons (Fsp3) is 0.417. The molecule has 0 saturated carbocycles. The molecule has 1 fully saturated rings. The van der Waals surface area contributed by atoms with Gasteiger partial charge in [-0.25, -0.2) is 0 Å². The molecule has 6 heteroatoms. The normalized spacial score (nSPS) is 32.6. The molecule has 1 aromatic rings. The van der Waals surface area contributed by atoms with Crippen LogP contribution in [0.4, 0.5) is 5.69 Å². The molecule has 2 aliphatic heterocycles. The highest BCUT2D eigenvalue weighted by Gasteiger charge is 2.54. The van der Waals surface area contributed by atoms with Crippen molar-refractivity contribution in [3.05, 3.63) is 28.8 Å². The molecule has 0 unspecified atom stereocenters. The van der Waals surface area contributed by atoms with Crippen molar-refractivity contribution in [2.24, 2.45) is 0 Å². The second kappa shape index (κ2) is 3.85. The summed E-state index contributed by atoms with van der Waals surface area (Å²) in [7, 11) is 1.34. The van der Waals surface area contributed by atoms with Gasteiger partial charge in [0.2, 0.25) is 0 Å². The first-order valence-electron chi connectivity index (χ1n) is 5.67. The Hall–Kier alpha value is -1.30. The molecular weight excluding hydrogens is 256 g/mol. The van der Waals surface area contributed by atoms with Crippen LogP contribution in [0.15, 0.2) is 18.2 Å². The highest BCUT2D eigenvalue weighted by molar-refractivity contribution is 6.30. The molecule has 0 bridgehead atoms. The molecule has 96 valence electrons. The molecule has 1 saturated heterocycles. The Balaban J connectivity index is 1.95. The minimum Gasteiger partial charge on any atom is -0.468 e. The zero-order valence-corrected chi connectivity index (χ0v) is 10.5. The summed E-state index contributed by atoms with van der Waals surface area (Å²) >= 11 is 5.91. The topological polar surface area (TPSA) is 70.6 Å². The molecule has 0 radical (unpaired) electrons. The van der Waals surface area contributed by atoms with Gasteiger partial charge in [-0.15, -0.1) is 0 Å². The van der Waals surface area contributed by atoms with Crippen LogP contribution in [0.2, 0.25) is 5.02 Å². The number of anilines is 1. The summed E-state index contributed by atoms with van der Waals surface area (Å²) in [4.78, 5) is 11.5. The van der Waals surface area contributed by atoms with Gasteiger partial charge in [-0.1, -0.05) is 17.7 Å². The number of methoxy groups -OCH3 is 1. The van der Waals surface area contributed by atoms with Crippen LogP contribution >= 0.6 is 11.6 Å². The molecule has 2 heterocycles. The van der Waals surface area contributed by atoms with Crippen molar-refractivity contribution in [2.75, 3.05) is 12.4 Å². The van der Waals surface area contributed by atoms with E-state index >= 15 is 0 Å². The second-order valence-corrected chi connectivity index (χ2v) is 5.07. The third-order valence-corrected chi connectivity index (χ3v) is 3.83. The second-order valence-electron chi connectivity index (χ2n) is 4.64. The molecule has 0 aromatic heterocycles. The number of nitrogens with one attached hydrogen (secondary N) is 2. The van der Waals surface area contributed by atoms with Crippen molar-refractivity contribution >= 4 is 23.3 Å². The van der Waals surface area contributed by atoms with Crippen LogP contribution in [0.1, 0.15) is 12.0 Å². The molecular formula is C12H13ClN2O3. The molecule has 2 aliphatic rings. The molecule has 0 spiro atoms. The largest absolute Gasteiger partial charge is 0.468 e. The maximum Gasteiger partial charge on any atom is 0.323 e. The Bertz CT molecular complexity index is 522. The fourth-order valence-corrected chi connectivity index (χ4v) is 2.89. The van der Waals surface area contributed by atoms with E-state index in [4.69, 9.17) is 16.3 Å². The van der Waals surface area contributed by atoms with Gasteiger partial charge < -0.3 is 15.2 Å². The highest BCUT2D eigenvalue weighted by Crippen LogP contribution is 2.45. The van der Waals surface area contributed by atoms with Gasteiger partial charge in [0.15, 0.2) is 0 Å². The average Bonchev–Trinajstić information content (AvgIpc) is 2.78. The van der Waals surface area contributed by atoms with E-state index in [0.717, 1.165) is 11.3 Å². The van der Waals surface area contributed by atoms with E-state index in [1.54, 1.807) is 18.2 Å². The zero-order chi connectivity index (χ0) is 12.9. The molecule has 18 heavy (non-hydrogen) atoms. The van der Waals surface area contributed by atoms with E-state index in [2.05, 4.69) is 10.6 Å². The van der Waals surface area contributed by atoms with Crippen molar-refractivity contribution in [1.82, 2.24) is 5.32 Å². The van der Waals surface area contributed by atoms with Crippen molar-refractivity contribution in [1.29, 1.82) is 0 Å².